The molecule has 0 saturated carbocycles. The van der Waals surface area contributed by atoms with E-state index in [0.717, 1.165) is 37.0 Å². The minimum Gasteiger partial charge on any atom is -0.493 e. The van der Waals surface area contributed by atoms with Crippen LogP contribution in [-0.4, -0.2) is 12.9 Å². The molecule has 2 nitrogen and oxygen atoms in total. The smallest absolute Gasteiger partial charge is 0.150 e. The summed E-state index contributed by atoms with van der Waals surface area (Å²) >= 11 is 0. The number of aldehydes is 1. The molecular weight excluding hydrogens is 320 g/mol. The van der Waals surface area contributed by atoms with Crippen LogP contribution in [0.4, 0.5) is 0 Å². The van der Waals surface area contributed by atoms with Crippen molar-refractivity contribution in [3.63, 3.8) is 0 Å². The average Bonchev–Trinajstić information content (AvgIpc) is 2.63. The van der Waals surface area contributed by atoms with Gasteiger partial charge in [-0.15, -0.1) is 0 Å². The van der Waals surface area contributed by atoms with Crippen molar-refractivity contribution >= 4 is 6.29 Å². The van der Waals surface area contributed by atoms with Gasteiger partial charge in [0.05, 0.1) is 6.61 Å². The zero-order chi connectivity index (χ0) is 18.9. The predicted octanol–water partition coefficient (Wildman–Crippen LogP) is 6.24. The summed E-state index contributed by atoms with van der Waals surface area (Å²) in [6.45, 7) is 9.35. The molecule has 2 aromatic rings. The lowest BCUT2D eigenvalue weighted by Crippen LogP contribution is -2.08. The molecule has 0 aliphatic carbocycles. The lowest BCUT2D eigenvalue weighted by Gasteiger charge is -2.17. The molecule has 2 aromatic carbocycles. The molecular formula is C24H32O2. The minimum absolute atomic E-state index is 0.700. The number of carbonyl (C=O) groups is 1. The summed E-state index contributed by atoms with van der Waals surface area (Å²) in [7, 11) is 0. The fourth-order valence-electron chi connectivity index (χ4n) is 3.48. The van der Waals surface area contributed by atoms with Gasteiger partial charge in [-0.05, 0) is 86.4 Å². The first-order valence-corrected chi connectivity index (χ1v) is 9.78. The zero-order valence-electron chi connectivity index (χ0n) is 16.7. The third kappa shape index (κ3) is 6.01. The lowest BCUT2D eigenvalue weighted by atomic mass is 9.90. The van der Waals surface area contributed by atoms with Crippen LogP contribution in [0.3, 0.4) is 0 Å². The summed E-state index contributed by atoms with van der Waals surface area (Å²) in [6, 6.07) is 12.4. The molecule has 0 heterocycles. The van der Waals surface area contributed by atoms with Crippen LogP contribution < -0.4 is 4.74 Å². The maximum absolute atomic E-state index is 10.8. The molecule has 0 amide bonds. The predicted molar refractivity (Wildman–Crippen MR) is 109 cm³/mol. The number of benzene rings is 2. The lowest BCUT2D eigenvalue weighted by molar-refractivity contribution is 0.112. The van der Waals surface area contributed by atoms with E-state index < -0.39 is 0 Å². The van der Waals surface area contributed by atoms with E-state index in [1.807, 2.05) is 25.1 Å². The molecule has 0 unspecified atom stereocenters. The van der Waals surface area contributed by atoms with Crippen molar-refractivity contribution in [3.8, 4) is 5.75 Å². The Morgan fingerprint density at radius 1 is 0.962 bits per heavy atom. The number of rotatable bonds is 10. The van der Waals surface area contributed by atoms with Crippen LogP contribution in [-0.2, 0) is 6.42 Å². The molecule has 26 heavy (non-hydrogen) atoms. The Balaban J connectivity index is 1.84. The summed E-state index contributed by atoms with van der Waals surface area (Å²) in [5.41, 5.74) is 5.93. The van der Waals surface area contributed by atoms with Crippen molar-refractivity contribution < 1.29 is 9.53 Å². The largest absolute Gasteiger partial charge is 0.493 e. The van der Waals surface area contributed by atoms with Gasteiger partial charge in [-0.3, -0.25) is 4.79 Å². The maximum Gasteiger partial charge on any atom is 0.150 e. The van der Waals surface area contributed by atoms with Crippen LogP contribution in [0.1, 0.15) is 65.2 Å². The average molecular weight is 353 g/mol. The molecule has 1 atom stereocenters. The van der Waals surface area contributed by atoms with Gasteiger partial charge in [-0.2, -0.15) is 0 Å². The third-order valence-corrected chi connectivity index (χ3v) is 5.14. The fraction of sp³-hybridized carbons (Fsp3) is 0.458. The molecule has 2 rings (SSSR count). The molecule has 0 fully saturated rings. The Morgan fingerprint density at radius 2 is 1.77 bits per heavy atom. The van der Waals surface area contributed by atoms with Gasteiger partial charge in [0.2, 0.25) is 0 Å². The second-order valence-electron chi connectivity index (χ2n) is 7.41. The normalized spacial score (nSPS) is 12.0. The SMILES string of the molecule is CCC[C@H](CCCOc1ccc(C=O)cc1C)Cc1ccc(C)c(C)c1. The summed E-state index contributed by atoms with van der Waals surface area (Å²) in [5.74, 6) is 1.60. The fourth-order valence-corrected chi connectivity index (χ4v) is 3.48. The van der Waals surface area contributed by atoms with Gasteiger partial charge >= 0.3 is 0 Å². The van der Waals surface area contributed by atoms with Gasteiger partial charge < -0.3 is 4.74 Å². The second-order valence-corrected chi connectivity index (χ2v) is 7.41. The van der Waals surface area contributed by atoms with Crippen molar-refractivity contribution in [1.29, 1.82) is 0 Å². The Bertz CT molecular complexity index is 718. The van der Waals surface area contributed by atoms with Crippen LogP contribution in [0.5, 0.6) is 5.75 Å². The Kier molecular flexibility index (Phi) is 7.90. The number of carbonyl (C=O) groups excluding carboxylic acids is 1. The van der Waals surface area contributed by atoms with Gasteiger partial charge in [-0.1, -0.05) is 38.0 Å². The van der Waals surface area contributed by atoms with Crippen molar-refractivity contribution in [2.24, 2.45) is 5.92 Å². The molecule has 140 valence electrons. The molecule has 0 aliphatic rings. The van der Waals surface area contributed by atoms with Gasteiger partial charge in [0.25, 0.3) is 0 Å². The first kappa shape index (κ1) is 20.2. The Hall–Kier alpha value is -2.09. The Labute approximate surface area is 158 Å². The summed E-state index contributed by atoms with van der Waals surface area (Å²) < 4.78 is 5.93. The second kappa shape index (κ2) is 10.2. The van der Waals surface area contributed by atoms with Crippen LogP contribution in [0.2, 0.25) is 0 Å². The van der Waals surface area contributed by atoms with E-state index >= 15 is 0 Å². The van der Waals surface area contributed by atoms with E-state index in [1.54, 1.807) is 0 Å². The highest BCUT2D eigenvalue weighted by Gasteiger charge is 2.10. The molecule has 0 spiro atoms. The number of hydrogen-bond donors (Lipinski definition) is 0. The van der Waals surface area contributed by atoms with E-state index in [1.165, 1.54) is 36.0 Å². The highest BCUT2D eigenvalue weighted by atomic mass is 16.5. The highest BCUT2D eigenvalue weighted by molar-refractivity contribution is 5.75. The van der Waals surface area contributed by atoms with Gasteiger partial charge in [-0.25, -0.2) is 0 Å². The van der Waals surface area contributed by atoms with Crippen LogP contribution in [0.15, 0.2) is 36.4 Å². The molecule has 0 saturated heterocycles. The van der Waals surface area contributed by atoms with Gasteiger partial charge in [0.1, 0.15) is 12.0 Å². The van der Waals surface area contributed by atoms with E-state index in [4.69, 9.17) is 4.74 Å². The van der Waals surface area contributed by atoms with Gasteiger partial charge in [0.15, 0.2) is 0 Å². The topological polar surface area (TPSA) is 26.3 Å². The molecule has 0 N–H and O–H groups in total. The molecule has 0 aliphatic heterocycles. The van der Waals surface area contributed by atoms with Gasteiger partial charge in [0, 0.05) is 5.56 Å². The minimum atomic E-state index is 0.700. The van der Waals surface area contributed by atoms with Crippen LogP contribution >= 0.6 is 0 Å². The van der Waals surface area contributed by atoms with E-state index in [9.17, 15) is 4.79 Å². The first-order valence-electron chi connectivity index (χ1n) is 9.78. The quantitative estimate of drug-likeness (QED) is 0.373. The van der Waals surface area contributed by atoms with Crippen LogP contribution in [0.25, 0.3) is 0 Å². The summed E-state index contributed by atoms with van der Waals surface area (Å²) in [6.07, 6.45) is 6.76. The Morgan fingerprint density at radius 3 is 2.42 bits per heavy atom. The van der Waals surface area contributed by atoms with E-state index in [-0.39, 0.29) is 0 Å². The van der Waals surface area contributed by atoms with E-state index in [0.29, 0.717) is 11.5 Å². The van der Waals surface area contributed by atoms with Crippen molar-refractivity contribution in [2.75, 3.05) is 6.61 Å². The number of hydrogen-bond acceptors (Lipinski definition) is 2. The van der Waals surface area contributed by atoms with Crippen molar-refractivity contribution in [2.45, 2.75) is 59.8 Å². The third-order valence-electron chi connectivity index (χ3n) is 5.14. The number of aryl methyl sites for hydroxylation is 3. The van der Waals surface area contributed by atoms with Crippen LogP contribution in [0, 0.1) is 26.7 Å². The van der Waals surface area contributed by atoms with E-state index in [2.05, 4.69) is 39.0 Å². The monoisotopic (exact) mass is 352 g/mol. The highest BCUT2D eigenvalue weighted by Crippen LogP contribution is 2.23. The molecule has 0 radical (unpaired) electrons. The zero-order valence-corrected chi connectivity index (χ0v) is 16.7. The van der Waals surface area contributed by atoms with Crippen molar-refractivity contribution in [1.82, 2.24) is 0 Å². The molecule has 2 heteroatoms. The summed E-state index contributed by atoms with van der Waals surface area (Å²) in [4.78, 5) is 10.8. The standard InChI is InChI=1S/C24H32O2/c1-5-7-21(16-22-10-9-18(2)19(3)14-22)8-6-13-26-24-12-11-23(17-25)15-20(24)4/h9-12,14-15,17,21H,5-8,13,16H2,1-4H3/t21-/m1/s1. The first-order chi connectivity index (χ1) is 12.5. The summed E-state index contributed by atoms with van der Waals surface area (Å²) in [5, 5.41) is 0. The number of ether oxygens (including phenoxy) is 1. The molecule has 0 bridgehead atoms. The van der Waals surface area contributed by atoms with Crippen molar-refractivity contribution in [3.05, 3.63) is 64.2 Å². The molecule has 0 aromatic heterocycles. The maximum atomic E-state index is 10.8.